The molecule has 0 amide bonds. The van der Waals surface area contributed by atoms with Crippen LogP contribution in [0, 0.1) is 11.8 Å². The van der Waals surface area contributed by atoms with Crippen molar-refractivity contribution in [2.45, 2.75) is 19.4 Å². The van der Waals surface area contributed by atoms with Gasteiger partial charge in [-0.25, -0.2) is 0 Å². The molecule has 0 saturated heterocycles. The lowest BCUT2D eigenvalue weighted by Gasteiger charge is -2.32. The van der Waals surface area contributed by atoms with Gasteiger partial charge < -0.3 is 24.8 Å². The van der Waals surface area contributed by atoms with E-state index in [2.05, 4.69) is 26.6 Å². The fourth-order valence-corrected chi connectivity index (χ4v) is 5.07. The number of hydrogen-bond donors (Lipinski definition) is 2. The molecule has 8 heteroatoms. The number of carbonyl (C=O) groups is 2. The minimum Gasteiger partial charge on any atom is -0.468 e. The second-order valence-electron chi connectivity index (χ2n) is 7.91. The summed E-state index contributed by atoms with van der Waals surface area (Å²) in [5.74, 6) is -0.500. The maximum atomic E-state index is 13.7. The topological polar surface area (TPSA) is 85.9 Å². The molecule has 0 aromatic heterocycles. The first-order valence-corrected chi connectivity index (χ1v) is 10.8. The SMILES string of the molecule is COC(=O)[C@@H]1C(=O)C2=C(C[C@@H]1C)Nc1ccccc1N[C@@H]2c1cc2c(cc1Br)OCO2. The monoisotopic (exact) mass is 484 g/mol. The number of halogens is 1. The quantitative estimate of drug-likeness (QED) is 0.482. The Morgan fingerprint density at radius 2 is 1.87 bits per heavy atom. The number of allylic oxidation sites excluding steroid dienone is 1. The number of ketones is 1. The lowest BCUT2D eigenvalue weighted by molar-refractivity contribution is -0.151. The summed E-state index contributed by atoms with van der Waals surface area (Å²) in [7, 11) is 1.32. The van der Waals surface area contributed by atoms with Gasteiger partial charge in [0.15, 0.2) is 17.3 Å². The Hall–Kier alpha value is -3.00. The van der Waals surface area contributed by atoms with Crippen molar-refractivity contribution < 1.29 is 23.8 Å². The smallest absolute Gasteiger partial charge is 0.316 e. The summed E-state index contributed by atoms with van der Waals surface area (Å²) in [4.78, 5) is 26.2. The van der Waals surface area contributed by atoms with E-state index < -0.39 is 17.9 Å². The molecule has 0 bridgehead atoms. The fourth-order valence-electron chi connectivity index (χ4n) is 4.52. The van der Waals surface area contributed by atoms with Crippen molar-refractivity contribution in [3.63, 3.8) is 0 Å². The summed E-state index contributed by atoms with van der Waals surface area (Å²) in [5.41, 5.74) is 3.91. The first kappa shape index (κ1) is 19.9. The Morgan fingerprint density at radius 3 is 2.61 bits per heavy atom. The van der Waals surface area contributed by atoms with E-state index >= 15 is 0 Å². The van der Waals surface area contributed by atoms with Gasteiger partial charge in [-0.2, -0.15) is 0 Å². The predicted octanol–water partition coefficient (Wildman–Crippen LogP) is 4.41. The van der Waals surface area contributed by atoms with Crippen LogP contribution in [0.4, 0.5) is 11.4 Å². The normalized spacial score (nSPS) is 23.8. The van der Waals surface area contributed by atoms with E-state index in [1.54, 1.807) is 0 Å². The van der Waals surface area contributed by atoms with Crippen molar-refractivity contribution in [2.75, 3.05) is 24.5 Å². The second-order valence-corrected chi connectivity index (χ2v) is 8.77. The molecule has 3 atom stereocenters. The van der Waals surface area contributed by atoms with Crippen LogP contribution in [0.2, 0.25) is 0 Å². The van der Waals surface area contributed by atoms with Crippen LogP contribution in [0.15, 0.2) is 52.1 Å². The standard InChI is InChI=1S/C23H21BrN2O5/c1-11-7-16-20(22(27)19(11)23(28)29-2)21(26-15-6-4-3-5-14(15)25-16)12-8-17-18(9-13(12)24)31-10-30-17/h3-6,8-9,11,19,21,25-26H,7,10H2,1-2H3/t11-,19-,21+/m0/s1. The van der Waals surface area contributed by atoms with Gasteiger partial charge in [-0.1, -0.05) is 35.0 Å². The summed E-state index contributed by atoms with van der Waals surface area (Å²) in [6.45, 7) is 2.06. The molecule has 1 aliphatic carbocycles. The number of para-hydroxylation sites is 2. The van der Waals surface area contributed by atoms with E-state index in [1.807, 2.05) is 43.3 Å². The van der Waals surface area contributed by atoms with Crippen LogP contribution in [-0.4, -0.2) is 25.7 Å². The Labute approximate surface area is 187 Å². The largest absolute Gasteiger partial charge is 0.468 e. The summed E-state index contributed by atoms with van der Waals surface area (Å²) in [5, 5.41) is 6.95. The highest BCUT2D eigenvalue weighted by atomic mass is 79.9. The van der Waals surface area contributed by atoms with Crippen molar-refractivity contribution in [2.24, 2.45) is 11.8 Å². The molecule has 31 heavy (non-hydrogen) atoms. The summed E-state index contributed by atoms with van der Waals surface area (Å²) in [6, 6.07) is 11.0. The van der Waals surface area contributed by atoms with E-state index in [9.17, 15) is 9.59 Å². The van der Waals surface area contributed by atoms with Gasteiger partial charge >= 0.3 is 5.97 Å². The Bertz CT molecular complexity index is 1130. The van der Waals surface area contributed by atoms with Crippen LogP contribution in [0.3, 0.4) is 0 Å². The van der Waals surface area contributed by atoms with Crippen LogP contribution in [0.1, 0.15) is 24.9 Å². The number of methoxy groups -OCH3 is 1. The summed E-state index contributed by atoms with van der Waals surface area (Å²) >= 11 is 3.64. The average molecular weight is 485 g/mol. The van der Waals surface area contributed by atoms with Gasteiger partial charge in [0, 0.05) is 15.7 Å². The Kier molecular flexibility index (Phi) is 4.89. The van der Waals surface area contributed by atoms with E-state index in [0.717, 1.165) is 27.1 Å². The van der Waals surface area contributed by atoms with Crippen molar-refractivity contribution in [1.82, 2.24) is 0 Å². The van der Waals surface area contributed by atoms with Gasteiger partial charge in [0.25, 0.3) is 0 Å². The molecule has 7 nitrogen and oxygen atoms in total. The zero-order chi connectivity index (χ0) is 21.7. The zero-order valence-electron chi connectivity index (χ0n) is 17.0. The van der Waals surface area contributed by atoms with Crippen LogP contribution < -0.4 is 20.1 Å². The van der Waals surface area contributed by atoms with Crippen molar-refractivity contribution in [1.29, 1.82) is 0 Å². The molecular weight excluding hydrogens is 464 g/mol. The lowest BCUT2D eigenvalue weighted by atomic mass is 9.75. The molecule has 2 N–H and O–H groups in total. The zero-order valence-corrected chi connectivity index (χ0v) is 18.6. The number of Topliss-reactive ketones (excluding diaryl/α,β-unsaturated/α-hetero) is 1. The van der Waals surface area contributed by atoms with E-state index in [0.29, 0.717) is 23.5 Å². The van der Waals surface area contributed by atoms with Crippen LogP contribution in [-0.2, 0) is 14.3 Å². The number of ether oxygens (including phenoxy) is 3. The van der Waals surface area contributed by atoms with E-state index in [1.165, 1.54) is 7.11 Å². The highest BCUT2D eigenvalue weighted by molar-refractivity contribution is 9.10. The number of nitrogens with one attached hydrogen (secondary N) is 2. The van der Waals surface area contributed by atoms with E-state index in [-0.39, 0.29) is 18.5 Å². The minimum absolute atomic E-state index is 0.155. The number of esters is 1. The first-order chi connectivity index (χ1) is 15.0. The number of anilines is 2. The number of fused-ring (bicyclic) bond motifs is 2. The molecule has 0 saturated carbocycles. The van der Waals surface area contributed by atoms with Gasteiger partial charge in [0.05, 0.1) is 24.5 Å². The molecular formula is C23H21BrN2O5. The summed E-state index contributed by atoms with van der Waals surface area (Å²) < 4.78 is 16.8. The van der Waals surface area contributed by atoms with Crippen molar-refractivity contribution in [3.05, 3.63) is 57.7 Å². The molecule has 160 valence electrons. The molecule has 3 aliphatic rings. The lowest BCUT2D eigenvalue weighted by Crippen LogP contribution is -2.39. The molecule has 0 fully saturated rings. The van der Waals surface area contributed by atoms with Crippen molar-refractivity contribution in [3.8, 4) is 11.5 Å². The third-order valence-corrected chi connectivity index (χ3v) is 6.71. The Balaban J connectivity index is 1.69. The van der Waals surface area contributed by atoms with Gasteiger partial charge in [-0.15, -0.1) is 0 Å². The predicted molar refractivity (Wildman–Crippen MR) is 118 cm³/mol. The van der Waals surface area contributed by atoms with Gasteiger partial charge in [0.2, 0.25) is 6.79 Å². The fraction of sp³-hybridized carbons (Fsp3) is 0.304. The molecule has 2 aliphatic heterocycles. The summed E-state index contributed by atoms with van der Waals surface area (Å²) in [6.07, 6.45) is 0.551. The van der Waals surface area contributed by atoms with Crippen molar-refractivity contribution >= 4 is 39.1 Å². The third-order valence-electron chi connectivity index (χ3n) is 6.03. The number of benzene rings is 2. The van der Waals surface area contributed by atoms with Gasteiger partial charge in [-0.05, 0) is 42.2 Å². The minimum atomic E-state index is -0.844. The maximum Gasteiger partial charge on any atom is 0.316 e. The third kappa shape index (κ3) is 3.26. The van der Waals surface area contributed by atoms with Crippen LogP contribution in [0.25, 0.3) is 0 Å². The molecule has 5 rings (SSSR count). The number of carbonyl (C=O) groups excluding carboxylic acids is 2. The molecule has 0 radical (unpaired) electrons. The molecule has 0 unspecified atom stereocenters. The highest BCUT2D eigenvalue weighted by Crippen LogP contribution is 2.47. The van der Waals surface area contributed by atoms with E-state index in [4.69, 9.17) is 14.2 Å². The maximum absolute atomic E-state index is 13.7. The van der Waals surface area contributed by atoms with Crippen LogP contribution in [0.5, 0.6) is 11.5 Å². The highest BCUT2D eigenvalue weighted by Gasteiger charge is 2.44. The van der Waals surface area contributed by atoms with Gasteiger partial charge in [0.1, 0.15) is 5.92 Å². The average Bonchev–Trinajstić information content (AvgIpc) is 3.13. The number of rotatable bonds is 2. The molecule has 2 aromatic carbocycles. The van der Waals surface area contributed by atoms with Gasteiger partial charge in [-0.3, -0.25) is 9.59 Å². The van der Waals surface area contributed by atoms with Crippen LogP contribution >= 0.6 is 15.9 Å². The molecule has 2 heterocycles. The first-order valence-electron chi connectivity index (χ1n) is 10.0. The second kappa shape index (κ2) is 7.60. The number of hydrogen-bond acceptors (Lipinski definition) is 7. The molecule has 2 aromatic rings. The molecule has 0 spiro atoms. The Morgan fingerprint density at radius 1 is 1.16 bits per heavy atom.